The van der Waals surface area contributed by atoms with Gasteiger partial charge in [0.15, 0.2) is 5.78 Å². The molecule has 2 fully saturated rings. The molecule has 0 spiro atoms. The maximum atomic E-state index is 13.2. The van der Waals surface area contributed by atoms with Gasteiger partial charge in [-0.2, -0.15) is 0 Å². The molecule has 0 bridgehead atoms. The number of piperidine rings is 1. The third-order valence-electron chi connectivity index (χ3n) is 7.30. The number of Topliss-reactive ketones (excluding diaryl/α,β-unsaturated/α-hetero) is 1. The summed E-state index contributed by atoms with van der Waals surface area (Å²) in [5.74, 6) is -0.0451. The molecule has 3 heterocycles. The highest BCUT2D eigenvalue weighted by atomic mass is 19.1. The van der Waals surface area contributed by atoms with Crippen LogP contribution >= 0.6 is 0 Å². The minimum atomic E-state index is -0.314. The number of hydrogen-bond donors (Lipinski definition) is 1. The molecule has 1 amide bonds. The van der Waals surface area contributed by atoms with Gasteiger partial charge < -0.3 is 14.8 Å². The summed E-state index contributed by atoms with van der Waals surface area (Å²) in [6.07, 6.45) is 6.64. The number of carbonyl (C=O) groups excluding carboxylic acids is 2. The van der Waals surface area contributed by atoms with Crippen LogP contribution in [0.15, 0.2) is 54.7 Å². The highest BCUT2D eigenvalue weighted by molar-refractivity contribution is 5.98. The smallest absolute Gasteiger partial charge is 0.254 e. The van der Waals surface area contributed by atoms with Gasteiger partial charge in [-0.25, -0.2) is 4.39 Å². The monoisotopic (exact) mass is 447 g/mol. The maximum Gasteiger partial charge on any atom is 0.254 e. The van der Waals surface area contributed by atoms with Crippen molar-refractivity contribution in [3.05, 3.63) is 71.7 Å². The fraction of sp³-hybridized carbons (Fsp3) is 0.407. The van der Waals surface area contributed by atoms with Gasteiger partial charge in [0.1, 0.15) is 5.82 Å². The SMILES string of the molecule is O=C(c1ccc(F)cc1)C1CCN(CCC2CCCN2C(=O)c2ccc3[nH]ccc3c2)CC1. The van der Waals surface area contributed by atoms with E-state index in [1.165, 1.54) is 12.1 Å². The van der Waals surface area contributed by atoms with Gasteiger partial charge in [0.2, 0.25) is 0 Å². The van der Waals surface area contributed by atoms with Crippen LogP contribution in [0.5, 0.6) is 0 Å². The summed E-state index contributed by atoms with van der Waals surface area (Å²) >= 11 is 0. The van der Waals surface area contributed by atoms with Crippen LogP contribution in [0.3, 0.4) is 0 Å². The van der Waals surface area contributed by atoms with Crippen LogP contribution in [0.4, 0.5) is 4.39 Å². The second-order valence-corrected chi connectivity index (χ2v) is 9.35. The zero-order valence-corrected chi connectivity index (χ0v) is 18.8. The molecule has 0 saturated carbocycles. The molecule has 0 aliphatic carbocycles. The van der Waals surface area contributed by atoms with Crippen molar-refractivity contribution in [1.82, 2.24) is 14.8 Å². The van der Waals surface area contributed by atoms with E-state index in [1.807, 2.05) is 30.5 Å². The summed E-state index contributed by atoms with van der Waals surface area (Å²) in [4.78, 5) is 33.6. The lowest BCUT2D eigenvalue weighted by Crippen LogP contribution is -2.41. The van der Waals surface area contributed by atoms with Crippen molar-refractivity contribution in [3.8, 4) is 0 Å². The molecule has 2 aromatic carbocycles. The molecule has 2 aliphatic heterocycles. The Bertz CT molecular complexity index is 1130. The van der Waals surface area contributed by atoms with Crippen LogP contribution < -0.4 is 0 Å². The first-order valence-corrected chi connectivity index (χ1v) is 12.0. The molecule has 1 aromatic heterocycles. The van der Waals surface area contributed by atoms with Crippen LogP contribution in [0, 0.1) is 11.7 Å². The van der Waals surface area contributed by atoms with Crippen LogP contribution in [0.1, 0.15) is 52.8 Å². The van der Waals surface area contributed by atoms with Gasteiger partial charge in [0.25, 0.3) is 5.91 Å². The Morgan fingerprint density at radius 3 is 2.48 bits per heavy atom. The number of H-pyrrole nitrogens is 1. The van der Waals surface area contributed by atoms with Crippen molar-refractivity contribution < 1.29 is 14.0 Å². The van der Waals surface area contributed by atoms with Gasteiger partial charge >= 0.3 is 0 Å². The number of nitrogens with zero attached hydrogens (tertiary/aromatic N) is 2. The lowest BCUT2D eigenvalue weighted by atomic mass is 9.88. The van der Waals surface area contributed by atoms with Gasteiger partial charge in [-0.05, 0) is 93.7 Å². The summed E-state index contributed by atoms with van der Waals surface area (Å²) in [6.45, 7) is 3.55. The molecule has 5 rings (SSSR count). The van der Waals surface area contributed by atoms with E-state index >= 15 is 0 Å². The van der Waals surface area contributed by atoms with Crippen LogP contribution in [0.25, 0.3) is 10.9 Å². The van der Waals surface area contributed by atoms with Crippen LogP contribution in [0.2, 0.25) is 0 Å². The van der Waals surface area contributed by atoms with Crippen molar-refractivity contribution in [2.45, 2.75) is 38.1 Å². The van der Waals surface area contributed by atoms with E-state index in [-0.39, 0.29) is 29.5 Å². The highest BCUT2D eigenvalue weighted by Crippen LogP contribution is 2.26. The molecule has 6 heteroatoms. The van der Waals surface area contributed by atoms with Crippen molar-refractivity contribution in [2.75, 3.05) is 26.2 Å². The second kappa shape index (κ2) is 9.48. The molecule has 2 saturated heterocycles. The zero-order valence-electron chi connectivity index (χ0n) is 18.8. The number of likely N-dealkylation sites (tertiary alicyclic amines) is 2. The third-order valence-corrected chi connectivity index (χ3v) is 7.30. The fourth-order valence-corrected chi connectivity index (χ4v) is 5.36. The number of ketones is 1. The Morgan fingerprint density at radius 2 is 1.70 bits per heavy atom. The third kappa shape index (κ3) is 4.71. The molecule has 33 heavy (non-hydrogen) atoms. The van der Waals surface area contributed by atoms with Gasteiger partial charge in [0.05, 0.1) is 0 Å². The van der Waals surface area contributed by atoms with Crippen molar-refractivity contribution in [3.63, 3.8) is 0 Å². The molecule has 0 radical (unpaired) electrons. The highest BCUT2D eigenvalue weighted by Gasteiger charge is 2.31. The van der Waals surface area contributed by atoms with Gasteiger partial charge in [-0.1, -0.05) is 0 Å². The van der Waals surface area contributed by atoms with E-state index in [0.29, 0.717) is 5.56 Å². The Morgan fingerprint density at radius 1 is 0.939 bits per heavy atom. The Hall–Kier alpha value is -2.99. The van der Waals surface area contributed by atoms with Gasteiger partial charge in [0, 0.05) is 53.3 Å². The molecule has 1 unspecified atom stereocenters. The first-order valence-electron chi connectivity index (χ1n) is 12.0. The van der Waals surface area contributed by atoms with Gasteiger partial charge in [-0.3, -0.25) is 9.59 Å². The minimum Gasteiger partial charge on any atom is -0.361 e. The minimum absolute atomic E-state index is 0.0135. The first kappa shape index (κ1) is 21.8. The molecule has 1 N–H and O–H groups in total. The topological polar surface area (TPSA) is 56.4 Å². The number of aromatic nitrogens is 1. The van der Waals surface area contributed by atoms with E-state index in [1.54, 1.807) is 12.1 Å². The Kier molecular flexibility index (Phi) is 6.27. The number of fused-ring (bicyclic) bond motifs is 1. The predicted molar refractivity (Wildman–Crippen MR) is 127 cm³/mol. The lowest BCUT2D eigenvalue weighted by molar-refractivity contribution is 0.0704. The molecule has 2 aliphatic rings. The number of nitrogens with one attached hydrogen (secondary N) is 1. The summed E-state index contributed by atoms with van der Waals surface area (Å²) in [5.41, 5.74) is 2.41. The fourth-order valence-electron chi connectivity index (χ4n) is 5.36. The number of aromatic amines is 1. The van der Waals surface area contributed by atoms with E-state index < -0.39 is 0 Å². The number of rotatable bonds is 6. The molecule has 5 nitrogen and oxygen atoms in total. The van der Waals surface area contributed by atoms with Crippen molar-refractivity contribution in [2.24, 2.45) is 5.92 Å². The number of amides is 1. The first-order chi connectivity index (χ1) is 16.1. The van der Waals surface area contributed by atoms with E-state index in [9.17, 15) is 14.0 Å². The van der Waals surface area contributed by atoms with E-state index in [0.717, 1.165) is 74.7 Å². The zero-order chi connectivity index (χ0) is 22.8. The summed E-state index contributed by atoms with van der Waals surface area (Å²) in [7, 11) is 0. The van der Waals surface area contributed by atoms with Crippen molar-refractivity contribution in [1.29, 1.82) is 0 Å². The van der Waals surface area contributed by atoms with Gasteiger partial charge in [-0.15, -0.1) is 0 Å². The second-order valence-electron chi connectivity index (χ2n) is 9.35. The summed E-state index contributed by atoms with van der Waals surface area (Å²) < 4.78 is 13.1. The standard InChI is InChI=1S/C27H30FN3O2/c28-23-6-3-19(4-7-23)26(32)20-10-15-30(16-11-20)17-12-24-2-1-14-31(24)27(33)22-5-8-25-21(18-22)9-13-29-25/h3-9,13,18,20,24,29H,1-2,10-12,14-17H2. The Labute approximate surface area is 193 Å². The lowest BCUT2D eigenvalue weighted by Gasteiger charge is -2.33. The molecular weight excluding hydrogens is 417 g/mol. The average molecular weight is 448 g/mol. The number of halogens is 1. The Balaban J connectivity index is 1.13. The van der Waals surface area contributed by atoms with Crippen LogP contribution in [-0.4, -0.2) is 58.7 Å². The molecule has 3 aromatic rings. The number of carbonyl (C=O) groups is 2. The maximum absolute atomic E-state index is 13.2. The summed E-state index contributed by atoms with van der Waals surface area (Å²) in [5, 5.41) is 1.06. The predicted octanol–water partition coefficient (Wildman–Crippen LogP) is 4.90. The average Bonchev–Trinajstić information content (AvgIpc) is 3.51. The molecule has 172 valence electrons. The normalized spacial score (nSPS) is 19.9. The van der Waals surface area contributed by atoms with E-state index in [4.69, 9.17) is 0 Å². The van der Waals surface area contributed by atoms with Crippen molar-refractivity contribution >= 4 is 22.6 Å². The largest absolute Gasteiger partial charge is 0.361 e. The summed E-state index contributed by atoms with van der Waals surface area (Å²) in [6, 6.07) is 14.0. The van der Waals surface area contributed by atoms with E-state index in [2.05, 4.69) is 14.8 Å². The molecular formula is C27H30FN3O2. The number of hydrogen-bond acceptors (Lipinski definition) is 3. The number of benzene rings is 2. The van der Waals surface area contributed by atoms with Crippen LogP contribution in [-0.2, 0) is 0 Å². The molecule has 1 atom stereocenters. The quantitative estimate of drug-likeness (QED) is 0.547.